The standard InChI is InChI=1S/C29H27BrCl2N2O5/c1-27(2,3)34-23(36)17-11-10-16-19(20(17)24(34)37)12-28(31)25(38)33(13-30)26(39)29(28,32)21(16)18-9-8-14-6-4-5-7-15(14)22(18)35/h4-10,17,19-21,35H,11-13H2,1-3H3/t17-,19+,20-,21+,28+,29-/m0/s1. The Labute approximate surface area is 244 Å². The Kier molecular flexibility index (Phi) is 5.87. The normalized spacial score (nSPS) is 34.4. The minimum Gasteiger partial charge on any atom is -0.507 e. The summed E-state index contributed by atoms with van der Waals surface area (Å²) in [5.41, 5.74) is 0.180. The molecule has 10 heteroatoms. The van der Waals surface area contributed by atoms with Gasteiger partial charge in [-0.25, -0.2) is 0 Å². The first-order valence-corrected chi connectivity index (χ1v) is 14.8. The molecule has 4 aliphatic rings. The SMILES string of the molecule is CC(C)(C)N1C(=O)[C@H]2[C@H](CC=C3[C@H]2C[C@@]2(Cl)C(=O)N(CBr)C(=O)[C@@]2(Cl)[C@H]3c2ccc3ccccc3c2O)C1=O. The Bertz CT molecular complexity index is 1520. The van der Waals surface area contributed by atoms with Crippen LogP contribution in [0.1, 0.15) is 45.1 Å². The third-order valence-electron chi connectivity index (χ3n) is 8.93. The van der Waals surface area contributed by atoms with Crippen LogP contribution in [-0.4, -0.2) is 59.3 Å². The Morgan fingerprint density at radius 2 is 1.69 bits per heavy atom. The maximum Gasteiger partial charge on any atom is 0.254 e. The van der Waals surface area contributed by atoms with Crippen molar-refractivity contribution in [2.45, 2.75) is 54.8 Å². The molecule has 4 amide bonds. The predicted molar refractivity (Wildman–Crippen MR) is 151 cm³/mol. The van der Waals surface area contributed by atoms with E-state index in [1.807, 2.05) is 45.0 Å². The summed E-state index contributed by atoms with van der Waals surface area (Å²) in [4.78, 5) is 53.4. The van der Waals surface area contributed by atoms with E-state index in [4.69, 9.17) is 23.2 Å². The van der Waals surface area contributed by atoms with Crippen LogP contribution in [0.2, 0.25) is 0 Å². The van der Waals surface area contributed by atoms with Gasteiger partial charge in [0.15, 0.2) is 9.75 Å². The zero-order valence-corrected chi connectivity index (χ0v) is 24.7. The van der Waals surface area contributed by atoms with Crippen molar-refractivity contribution >= 4 is 73.5 Å². The van der Waals surface area contributed by atoms with Crippen LogP contribution in [0.4, 0.5) is 0 Å². The molecule has 0 radical (unpaired) electrons. The first-order chi connectivity index (χ1) is 18.3. The monoisotopic (exact) mass is 632 g/mol. The van der Waals surface area contributed by atoms with Gasteiger partial charge in [0.1, 0.15) is 5.75 Å². The van der Waals surface area contributed by atoms with Crippen LogP contribution in [0.15, 0.2) is 48.0 Å². The van der Waals surface area contributed by atoms with Crippen LogP contribution in [0.25, 0.3) is 10.8 Å². The molecular weight excluding hydrogens is 607 g/mol. The quantitative estimate of drug-likeness (QED) is 0.216. The van der Waals surface area contributed by atoms with Gasteiger partial charge < -0.3 is 5.11 Å². The number of benzene rings is 2. The third-order valence-corrected chi connectivity index (χ3v) is 10.8. The zero-order valence-electron chi connectivity index (χ0n) is 21.6. The summed E-state index contributed by atoms with van der Waals surface area (Å²) in [6.07, 6.45) is 2.07. The average molecular weight is 634 g/mol. The summed E-state index contributed by atoms with van der Waals surface area (Å²) >= 11 is 17.7. The number of phenols is 1. The van der Waals surface area contributed by atoms with Crippen molar-refractivity contribution in [2.24, 2.45) is 17.8 Å². The second-order valence-electron chi connectivity index (χ2n) is 11.9. The number of likely N-dealkylation sites (tertiary alicyclic amines) is 2. The van der Waals surface area contributed by atoms with Gasteiger partial charge in [0.05, 0.1) is 17.3 Å². The minimum absolute atomic E-state index is 0.0662. The highest BCUT2D eigenvalue weighted by Crippen LogP contribution is 2.66. The molecule has 2 aromatic carbocycles. The lowest BCUT2D eigenvalue weighted by Crippen LogP contribution is -2.60. The number of hydrogen-bond donors (Lipinski definition) is 1. The fourth-order valence-corrected chi connectivity index (χ4v) is 8.68. The number of fused-ring (bicyclic) bond motifs is 5. The molecule has 0 unspecified atom stereocenters. The predicted octanol–water partition coefficient (Wildman–Crippen LogP) is 5.06. The molecular formula is C29H27BrCl2N2O5. The number of phenolic OH excluding ortho intramolecular Hbond substituents is 1. The van der Waals surface area contributed by atoms with E-state index in [0.717, 1.165) is 10.3 Å². The van der Waals surface area contributed by atoms with Crippen LogP contribution in [0, 0.1) is 17.8 Å². The number of halogens is 3. The van der Waals surface area contributed by atoms with Crippen molar-refractivity contribution in [1.82, 2.24) is 9.80 Å². The van der Waals surface area contributed by atoms with Gasteiger partial charge >= 0.3 is 0 Å². The lowest BCUT2D eigenvalue weighted by Gasteiger charge is -2.50. The molecule has 2 aliphatic carbocycles. The molecule has 2 heterocycles. The van der Waals surface area contributed by atoms with Crippen LogP contribution >= 0.6 is 39.1 Å². The number of nitrogens with zero attached hydrogens (tertiary/aromatic N) is 2. The molecule has 39 heavy (non-hydrogen) atoms. The Morgan fingerprint density at radius 1 is 1.00 bits per heavy atom. The lowest BCUT2D eigenvalue weighted by atomic mass is 9.56. The smallest absolute Gasteiger partial charge is 0.254 e. The first kappa shape index (κ1) is 26.8. The molecule has 6 rings (SSSR count). The summed E-state index contributed by atoms with van der Waals surface area (Å²) in [5.74, 6) is -4.93. The van der Waals surface area contributed by atoms with Gasteiger partial charge in [-0.3, -0.25) is 29.0 Å². The number of alkyl halides is 3. The molecule has 0 spiro atoms. The van der Waals surface area contributed by atoms with Crippen molar-refractivity contribution in [1.29, 1.82) is 0 Å². The van der Waals surface area contributed by atoms with Crippen molar-refractivity contribution < 1.29 is 24.3 Å². The number of amides is 4. The fraction of sp³-hybridized carbons (Fsp3) is 0.448. The van der Waals surface area contributed by atoms with E-state index in [-0.39, 0.29) is 35.9 Å². The maximum atomic E-state index is 13.9. The number of aromatic hydroxyl groups is 1. The summed E-state index contributed by atoms with van der Waals surface area (Å²) in [5, 5.41) is 12.9. The molecule has 3 fully saturated rings. The number of imide groups is 2. The van der Waals surface area contributed by atoms with Crippen molar-refractivity contribution in [3.8, 4) is 5.75 Å². The number of allylic oxidation sites excluding steroid dienone is 2. The summed E-state index contributed by atoms with van der Waals surface area (Å²) in [7, 11) is 0. The van der Waals surface area contributed by atoms with E-state index in [1.165, 1.54) is 4.90 Å². The zero-order chi connectivity index (χ0) is 28.2. The molecule has 2 aromatic rings. The largest absolute Gasteiger partial charge is 0.507 e. The molecule has 0 aromatic heterocycles. The molecule has 6 atom stereocenters. The molecule has 2 aliphatic heterocycles. The van der Waals surface area contributed by atoms with Crippen LogP contribution < -0.4 is 0 Å². The molecule has 1 saturated carbocycles. The number of rotatable bonds is 2. The summed E-state index contributed by atoms with van der Waals surface area (Å²) in [6.45, 7) is 5.43. The van der Waals surface area contributed by atoms with Gasteiger partial charge in [-0.15, -0.1) is 23.2 Å². The second-order valence-corrected chi connectivity index (χ2v) is 13.6. The van der Waals surface area contributed by atoms with Gasteiger partial charge in [-0.2, -0.15) is 0 Å². The minimum atomic E-state index is -1.95. The van der Waals surface area contributed by atoms with Crippen LogP contribution in [0.3, 0.4) is 0 Å². The highest BCUT2D eigenvalue weighted by Gasteiger charge is 2.76. The fourth-order valence-electron chi connectivity index (χ4n) is 7.26. The van der Waals surface area contributed by atoms with E-state index in [2.05, 4.69) is 15.9 Å². The molecule has 2 saturated heterocycles. The van der Waals surface area contributed by atoms with E-state index >= 15 is 0 Å². The van der Waals surface area contributed by atoms with Gasteiger partial charge in [0.2, 0.25) is 11.8 Å². The molecule has 0 bridgehead atoms. The topological polar surface area (TPSA) is 95.0 Å². The number of carbonyl (C=O) groups excluding carboxylic acids is 4. The molecule has 7 nitrogen and oxygen atoms in total. The van der Waals surface area contributed by atoms with Crippen molar-refractivity contribution in [3.05, 3.63) is 53.6 Å². The van der Waals surface area contributed by atoms with Crippen LogP contribution in [-0.2, 0) is 19.2 Å². The maximum absolute atomic E-state index is 13.9. The van der Waals surface area contributed by atoms with E-state index in [1.54, 1.807) is 18.2 Å². The molecule has 1 N–H and O–H groups in total. The second kappa shape index (κ2) is 8.54. The van der Waals surface area contributed by atoms with Gasteiger partial charge in [-0.05, 0) is 44.9 Å². The number of hydrogen-bond acceptors (Lipinski definition) is 5. The van der Waals surface area contributed by atoms with Crippen molar-refractivity contribution in [3.63, 3.8) is 0 Å². The Balaban J connectivity index is 1.60. The van der Waals surface area contributed by atoms with Gasteiger partial charge in [0, 0.05) is 22.4 Å². The highest BCUT2D eigenvalue weighted by molar-refractivity contribution is 9.09. The van der Waals surface area contributed by atoms with Crippen LogP contribution in [0.5, 0.6) is 5.75 Å². The summed E-state index contributed by atoms with van der Waals surface area (Å²) < 4.78 is 0. The van der Waals surface area contributed by atoms with E-state index < -0.39 is 50.8 Å². The molecule has 204 valence electrons. The Morgan fingerprint density at radius 3 is 2.36 bits per heavy atom. The first-order valence-electron chi connectivity index (χ1n) is 12.9. The third kappa shape index (κ3) is 3.28. The Hall–Kier alpha value is -2.42. The number of carbonyl (C=O) groups is 4. The summed E-state index contributed by atoms with van der Waals surface area (Å²) in [6, 6.07) is 10.8. The van der Waals surface area contributed by atoms with Gasteiger partial charge in [-0.1, -0.05) is 64.0 Å². The highest BCUT2D eigenvalue weighted by atomic mass is 79.9. The van der Waals surface area contributed by atoms with E-state index in [0.29, 0.717) is 16.5 Å². The van der Waals surface area contributed by atoms with Gasteiger partial charge in [0.25, 0.3) is 11.8 Å². The lowest BCUT2D eigenvalue weighted by molar-refractivity contribution is -0.146. The average Bonchev–Trinajstić information content (AvgIpc) is 3.23. The van der Waals surface area contributed by atoms with E-state index in [9.17, 15) is 24.3 Å². The van der Waals surface area contributed by atoms with Crippen molar-refractivity contribution in [2.75, 3.05) is 5.45 Å².